The molecule has 0 saturated heterocycles. The van der Waals surface area contributed by atoms with Gasteiger partial charge in [-0.05, 0) is 70.4 Å². The molecule has 190 valence electrons. The van der Waals surface area contributed by atoms with Crippen LogP contribution < -0.4 is 19.6 Å². The Bertz CT molecular complexity index is 1590. The molecule has 1 heterocycles. The molecule has 0 aliphatic heterocycles. The van der Waals surface area contributed by atoms with E-state index in [-0.39, 0.29) is 0 Å². The molecule has 38 heavy (non-hydrogen) atoms. The number of aromatic amines is 1. The zero-order valence-corrected chi connectivity index (χ0v) is 21.0. The lowest BCUT2D eigenvalue weighted by atomic mass is 10.1. The Morgan fingerprint density at radius 1 is 0.921 bits per heavy atom. The fraction of sp³-hybridized carbons (Fsp3) is 0.100. The lowest BCUT2D eigenvalue weighted by Crippen LogP contribution is -2.18. The molecule has 4 aromatic carbocycles. The van der Waals surface area contributed by atoms with Crippen molar-refractivity contribution in [2.45, 2.75) is 6.61 Å². The number of rotatable bonds is 9. The highest BCUT2D eigenvalue weighted by Gasteiger charge is 2.11. The Hall–Kier alpha value is -5.11. The number of nitrogens with one attached hydrogen (secondary N) is 2. The Morgan fingerprint density at radius 2 is 1.71 bits per heavy atom. The minimum atomic E-state index is -0.407. The van der Waals surface area contributed by atoms with E-state index in [2.05, 4.69) is 45.0 Å². The van der Waals surface area contributed by atoms with Gasteiger partial charge in [-0.3, -0.25) is 9.89 Å². The van der Waals surface area contributed by atoms with Crippen LogP contribution in [0, 0.1) is 0 Å². The van der Waals surface area contributed by atoms with E-state index in [0.717, 1.165) is 22.4 Å². The number of hydrogen-bond donors (Lipinski definition) is 2. The molecule has 5 aromatic rings. The Labute approximate surface area is 219 Å². The molecule has 8 heteroatoms. The van der Waals surface area contributed by atoms with Crippen molar-refractivity contribution in [3.8, 4) is 28.5 Å². The average molecular weight is 507 g/mol. The van der Waals surface area contributed by atoms with Crippen LogP contribution in [0.4, 0.5) is 0 Å². The molecule has 2 N–H and O–H groups in total. The molecule has 0 radical (unpaired) electrons. The van der Waals surface area contributed by atoms with Gasteiger partial charge < -0.3 is 14.2 Å². The number of fused-ring (bicyclic) bond motifs is 1. The normalized spacial score (nSPS) is 11.0. The number of nitrogens with zero attached hydrogens (tertiary/aromatic N) is 2. The maximum atomic E-state index is 12.5. The predicted octanol–water partition coefficient (Wildman–Crippen LogP) is 5.59. The molecule has 0 saturated carbocycles. The van der Waals surface area contributed by atoms with Gasteiger partial charge in [0.2, 0.25) is 0 Å². The second-order valence-electron chi connectivity index (χ2n) is 8.43. The molecular formula is C30H26N4O4. The SMILES string of the molecule is COc1ccc(/C=N\NC(=O)c2cc(-c3ccc(OCc4cccc5ccccc45)cc3)n[nH]2)cc1OC. The summed E-state index contributed by atoms with van der Waals surface area (Å²) in [4.78, 5) is 12.5. The third kappa shape index (κ3) is 5.49. The first kappa shape index (κ1) is 24.6. The summed E-state index contributed by atoms with van der Waals surface area (Å²) in [5.41, 5.74) is 6.16. The van der Waals surface area contributed by atoms with Crippen molar-refractivity contribution in [3.05, 3.63) is 108 Å². The van der Waals surface area contributed by atoms with Crippen molar-refractivity contribution in [1.82, 2.24) is 15.6 Å². The number of ether oxygens (including phenoxy) is 3. The standard InChI is InChI=1S/C30H26N4O4/c1-36-28-15-10-20(16-29(28)37-2)18-31-34-30(35)27-17-26(32-33-27)22-11-13-24(14-12-22)38-19-23-8-5-7-21-6-3-4-9-25(21)23/h3-18H,19H2,1-2H3,(H,32,33)(H,34,35)/b31-18-. The summed E-state index contributed by atoms with van der Waals surface area (Å²) in [6.07, 6.45) is 1.52. The Kier molecular flexibility index (Phi) is 7.31. The zero-order valence-electron chi connectivity index (χ0n) is 21.0. The molecule has 0 bridgehead atoms. The highest BCUT2D eigenvalue weighted by atomic mass is 16.5. The van der Waals surface area contributed by atoms with Gasteiger partial charge in [-0.2, -0.15) is 10.2 Å². The smallest absolute Gasteiger partial charge is 0.289 e. The maximum Gasteiger partial charge on any atom is 0.289 e. The van der Waals surface area contributed by atoms with Gasteiger partial charge in [0.05, 0.1) is 26.1 Å². The van der Waals surface area contributed by atoms with Crippen LogP contribution in [0.1, 0.15) is 21.6 Å². The van der Waals surface area contributed by atoms with Crippen molar-refractivity contribution in [1.29, 1.82) is 0 Å². The van der Waals surface area contributed by atoms with Crippen molar-refractivity contribution in [2.24, 2.45) is 5.10 Å². The van der Waals surface area contributed by atoms with Crippen molar-refractivity contribution in [2.75, 3.05) is 14.2 Å². The van der Waals surface area contributed by atoms with Crippen LogP contribution in [0.3, 0.4) is 0 Å². The number of aromatic nitrogens is 2. The number of hydrogen-bond acceptors (Lipinski definition) is 6. The molecule has 0 fully saturated rings. The molecule has 8 nitrogen and oxygen atoms in total. The van der Waals surface area contributed by atoms with E-state index in [1.807, 2.05) is 42.5 Å². The van der Waals surface area contributed by atoms with Crippen LogP contribution in [0.15, 0.2) is 96.1 Å². The molecule has 0 aliphatic rings. The summed E-state index contributed by atoms with van der Waals surface area (Å²) in [6.45, 7) is 0.469. The van der Waals surface area contributed by atoms with Crippen molar-refractivity contribution >= 4 is 22.9 Å². The van der Waals surface area contributed by atoms with Crippen LogP contribution >= 0.6 is 0 Å². The summed E-state index contributed by atoms with van der Waals surface area (Å²) in [7, 11) is 3.13. The number of methoxy groups -OCH3 is 2. The lowest BCUT2D eigenvalue weighted by Gasteiger charge is -2.09. The second kappa shape index (κ2) is 11.3. The van der Waals surface area contributed by atoms with Crippen LogP contribution in [-0.2, 0) is 6.61 Å². The number of H-pyrrole nitrogens is 1. The monoisotopic (exact) mass is 506 g/mol. The lowest BCUT2D eigenvalue weighted by molar-refractivity contribution is 0.0950. The van der Waals surface area contributed by atoms with E-state index >= 15 is 0 Å². The van der Waals surface area contributed by atoms with Gasteiger partial charge in [-0.15, -0.1) is 0 Å². The number of hydrazone groups is 1. The second-order valence-corrected chi connectivity index (χ2v) is 8.43. The van der Waals surface area contributed by atoms with Crippen LogP contribution in [-0.4, -0.2) is 36.5 Å². The van der Waals surface area contributed by atoms with Gasteiger partial charge in [0.25, 0.3) is 5.91 Å². The highest BCUT2D eigenvalue weighted by molar-refractivity contribution is 5.94. The molecule has 0 atom stereocenters. The van der Waals surface area contributed by atoms with Gasteiger partial charge in [0, 0.05) is 5.56 Å². The van der Waals surface area contributed by atoms with E-state index in [4.69, 9.17) is 14.2 Å². The summed E-state index contributed by atoms with van der Waals surface area (Å²) in [6, 6.07) is 29.1. The van der Waals surface area contributed by atoms with E-state index in [0.29, 0.717) is 29.5 Å². The molecule has 1 aromatic heterocycles. The van der Waals surface area contributed by atoms with Gasteiger partial charge in [-0.1, -0.05) is 42.5 Å². The van der Waals surface area contributed by atoms with E-state index in [9.17, 15) is 4.79 Å². The molecule has 0 spiro atoms. The molecular weight excluding hydrogens is 480 g/mol. The van der Waals surface area contributed by atoms with Crippen LogP contribution in [0.2, 0.25) is 0 Å². The van der Waals surface area contributed by atoms with Gasteiger partial charge in [0.15, 0.2) is 11.5 Å². The molecule has 5 rings (SSSR count). The number of amides is 1. The topological polar surface area (TPSA) is 97.8 Å². The zero-order chi connectivity index (χ0) is 26.3. The predicted molar refractivity (Wildman–Crippen MR) is 147 cm³/mol. The number of carbonyl (C=O) groups is 1. The summed E-state index contributed by atoms with van der Waals surface area (Å²) in [5, 5.41) is 13.4. The summed E-state index contributed by atoms with van der Waals surface area (Å²) in [5.74, 6) is 1.53. The van der Waals surface area contributed by atoms with Gasteiger partial charge in [-0.25, -0.2) is 5.43 Å². The fourth-order valence-electron chi connectivity index (χ4n) is 4.05. The van der Waals surface area contributed by atoms with E-state index in [1.165, 1.54) is 17.0 Å². The molecule has 1 amide bonds. The minimum absolute atomic E-state index is 0.292. The Morgan fingerprint density at radius 3 is 2.53 bits per heavy atom. The third-order valence-electron chi connectivity index (χ3n) is 6.03. The molecule has 0 aliphatic carbocycles. The average Bonchev–Trinajstić information content (AvgIpc) is 3.47. The first-order valence-electron chi connectivity index (χ1n) is 12.0. The van der Waals surface area contributed by atoms with Crippen LogP contribution in [0.5, 0.6) is 17.2 Å². The van der Waals surface area contributed by atoms with Crippen molar-refractivity contribution < 1.29 is 19.0 Å². The first-order chi connectivity index (χ1) is 18.6. The summed E-state index contributed by atoms with van der Waals surface area (Å²) < 4.78 is 16.5. The Balaban J connectivity index is 1.19. The van der Waals surface area contributed by atoms with Crippen molar-refractivity contribution in [3.63, 3.8) is 0 Å². The van der Waals surface area contributed by atoms with Gasteiger partial charge >= 0.3 is 0 Å². The van der Waals surface area contributed by atoms with E-state index in [1.54, 1.807) is 38.5 Å². The summed E-state index contributed by atoms with van der Waals surface area (Å²) >= 11 is 0. The quantitative estimate of drug-likeness (QED) is 0.201. The molecule has 0 unspecified atom stereocenters. The first-order valence-corrected chi connectivity index (χ1v) is 12.0. The number of carbonyl (C=O) groups excluding carboxylic acids is 1. The number of benzene rings is 4. The van der Waals surface area contributed by atoms with E-state index < -0.39 is 5.91 Å². The third-order valence-corrected chi connectivity index (χ3v) is 6.03. The van der Waals surface area contributed by atoms with Gasteiger partial charge in [0.1, 0.15) is 18.1 Å². The minimum Gasteiger partial charge on any atom is -0.493 e. The van der Waals surface area contributed by atoms with Crippen LogP contribution in [0.25, 0.3) is 22.0 Å². The largest absolute Gasteiger partial charge is 0.493 e. The fourth-order valence-corrected chi connectivity index (χ4v) is 4.05. The maximum absolute atomic E-state index is 12.5. The highest BCUT2D eigenvalue weighted by Crippen LogP contribution is 2.27.